The van der Waals surface area contributed by atoms with Crippen LogP contribution in [-0.2, 0) is 4.79 Å². The van der Waals surface area contributed by atoms with Gasteiger partial charge in [-0.15, -0.1) is 0 Å². The molecule has 2 aliphatic rings. The third-order valence-electron chi connectivity index (χ3n) is 4.36. The van der Waals surface area contributed by atoms with Gasteiger partial charge in [-0.2, -0.15) is 5.26 Å². The molecule has 2 aromatic rings. The van der Waals surface area contributed by atoms with Crippen molar-refractivity contribution in [1.29, 1.82) is 5.26 Å². The molecule has 0 spiro atoms. The number of piperidine rings is 1. The maximum Gasteiger partial charge on any atom is 0.228 e. The highest BCUT2D eigenvalue weighted by atomic mass is 32.1. The van der Waals surface area contributed by atoms with E-state index in [2.05, 4.69) is 26.3 Å². The van der Waals surface area contributed by atoms with Gasteiger partial charge in [0.15, 0.2) is 10.9 Å². The van der Waals surface area contributed by atoms with Crippen LogP contribution < -0.4 is 10.2 Å². The molecule has 1 atom stereocenters. The summed E-state index contributed by atoms with van der Waals surface area (Å²) in [5, 5.41) is 13.0. The fourth-order valence-corrected chi connectivity index (χ4v) is 3.93. The first-order valence-corrected chi connectivity index (χ1v) is 8.77. The molecule has 0 aromatic carbocycles. The molecule has 2 aromatic heterocycles. The van der Waals surface area contributed by atoms with E-state index in [1.807, 2.05) is 6.07 Å². The quantitative estimate of drug-likeness (QED) is 0.937. The van der Waals surface area contributed by atoms with E-state index in [4.69, 9.17) is 5.26 Å². The summed E-state index contributed by atoms with van der Waals surface area (Å²) in [6.07, 6.45) is 5.60. The second kappa shape index (κ2) is 5.78. The van der Waals surface area contributed by atoms with Crippen LogP contribution in [0.25, 0.3) is 10.2 Å². The minimum Gasteiger partial charge on any atom is -0.347 e. The largest absolute Gasteiger partial charge is 0.347 e. The van der Waals surface area contributed by atoms with Crippen molar-refractivity contribution in [3.05, 3.63) is 12.3 Å². The number of fused-ring (bicyclic) bond motifs is 1. The first kappa shape index (κ1) is 14.4. The number of nitriles is 1. The number of pyridine rings is 1. The lowest BCUT2D eigenvalue weighted by atomic mass is 10.0. The Morgan fingerprint density at radius 2 is 2.30 bits per heavy atom. The molecule has 1 aliphatic heterocycles. The number of amides is 1. The van der Waals surface area contributed by atoms with E-state index in [9.17, 15) is 4.79 Å². The van der Waals surface area contributed by atoms with Gasteiger partial charge in [0.1, 0.15) is 0 Å². The molecule has 118 valence electrons. The van der Waals surface area contributed by atoms with Crippen molar-refractivity contribution in [2.45, 2.75) is 25.7 Å². The topological polar surface area (TPSA) is 81.9 Å². The molecule has 1 saturated carbocycles. The molecule has 1 N–H and O–H groups in total. The molecule has 7 heteroatoms. The van der Waals surface area contributed by atoms with Gasteiger partial charge in [0.2, 0.25) is 5.91 Å². The standard InChI is InChI=1S/C16H17N5OS/c17-8-10-2-1-7-21(9-10)16-19-12-5-6-18-14(13(12)23-16)20-15(22)11-3-4-11/h5-6,10-11H,1-4,7,9H2,(H,18,20,22)/t10-/m1/s1. The molecule has 4 rings (SSSR count). The zero-order valence-electron chi connectivity index (χ0n) is 12.7. The zero-order chi connectivity index (χ0) is 15.8. The molecule has 3 heterocycles. The Balaban J connectivity index is 1.62. The van der Waals surface area contributed by atoms with Crippen LogP contribution in [0.2, 0.25) is 0 Å². The predicted octanol–water partition coefficient (Wildman–Crippen LogP) is 2.78. The Morgan fingerprint density at radius 1 is 1.43 bits per heavy atom. The van der Waals surface area contributed by atoms with Crippen molar-refractivity contribution in [3.8, 4) is 6.07 Å². The summed E-state index contributed by atoms with van der Waals surface area (Å²) in [7, 11) is 0. The minimum absolute atomic E-state index is 0.0578. The maximum atomic E-state index is 12.0. The highest BCUT2D eigenvalue weighted by Crippen LogP contribution is 2.36. The molecule has 23 heavy (non-hydrogen) atoms. The summed E-state index contributed by atoms with van der Waals surface area (Å²) < 4.78 is 0.913. The minimum atomic E-state index is 0.0578. The zero-order valence-corrected chi connectivity index (χ0v) is 13.5. The van der Waals surface area contributed by atoms with Crippen molar-refractivity contribution in [2.75, 3.05) is 23.3 Å². The van der Waals surface area contributed by atoms with Crippen LogP contribution >= 0.6 is 11.3 Å². The van der Waals surface area contributed by atoms with Crippen LogP contribution in [0.4, 0.5) is 10.9 Å². The predicted molar refractivity (Wildman–Crippen MR) is 89.3 cm³/mol. The second-order valence-corrected chi connectivity index (χ2v) is 7.16. The number of nitrogens with one attached hydrogen (secondary N) is 1. The fraction of sp³-hybridized carbons (Fsp3) is 0.500. The molecule has 1 amide bonds. The van der Waals surface area contributed by atoms with E-state index in [1.54, 1.807) is 17.5 Å². The lowest BCUT2D eigenvalue weighted by Gasteiger charge is -2.28. The molecule has 1 aliphatic carbocycles. The molecular weight excluding hydrogens is 310 g/mol. The number of nitrogens with zero attached hydrogens (tertiary/aromatic N) is 4. The number of carbonyl (C=O) groups excluding carboxylic acids is 1. The summed E-state index contributed by atoms with van der Waals surface area (Å²) in [5.74, 6) is 0.889. The van der Waals surface area contributed by atoms with Gasteiger partial charge in [-0.25, -0.2) is 9.97 Å². The lowest BCUT2D eigenvalue weighted by Crippen LogP contribution is -2.34. The lowest BCUT2D eigenvalue weighted by molar-refractivity contribution is -0.117. The second-order valence-electron chi connectivity index (χ2n) is 6.18. The average Bonchev–Trinajstić information content (AvgIpc) is 3.34. The number of thiazole rings is 1. The van der Waals surface area contributed by atoms with E-state index in [1.165, 1.54) is 0 Å². The monoisotopic (exact) mass is 327 g/mol. The Hall–Kier alpha value is -2.20. The van der Waals surface area contributed by atoms with Crippen molar-refractivity contribution in [1.82, 2.24) is 9.97 Å². The molecule has 0 radical (unpaired) electrons. The normalized spacial score (nSPS) is 21.2. The van der Waals surface area contributed by atoms with Gasteiger partial charge in [0, 0.05) is 25.2 Å². The molecule has 0 bridgehead atoms. The molecule has 2 fully saturated rings. The van der Waals surface area contributed by atoms with Gasteiger partial charge in [-0.1, -0.05) is 11.3 Å². The third kappa shape index (κ3) is 2.86. The summed E-state index contributed by atoms with van der Waals surface area (Å²) in [5.41, 5.74) is 0.852. The summed E-state index contributed by atoms with van der Waals surface area (Å²) in [6, 6.07) is 4.23. The van der Waals surface area contributed by atoms with Gasteiger partial charge < -0.3 is 10.2 Å². The molecular formula is C16H17N5OS. The van der Waals surface area contributed by atoms with Crippen LogP contribution in [-0.4, -0.2) is 29.0 Å². The van der Waals surface area contributed by atoms with Gasteiger partial charge >= 0.3 is 0 Å². The Kier molecular flexibility index (Phi) is 3.62. The first-order valence-electron chi connectivity index (χ1n) is 7.95. The summed E-state index contributed by atoms with van der Waals surface area (Å²) in [4.78, 5) is 23.2. The van der Waals surface area contributed by atoms with Gasteiger partial charge in [-0.05, 0) is 31.7 Å². The van der Waals surface area contributed by atoms with E-state index in [0.29, 0.717) is 5.82 Å². The van der Waals surface area contributed by atoms with Crippen LogP contribution in [0.5, 0.6) is 0 Å². The van der Waals surface area contributed by atoms with Gasteiger partial charge in [-0.3, -0.25) is 4.79 Å². The third-order valence-corrected chi connectivity index (χ3v) is 5.50. The van der Waals surface area contributed by atoms with Gasteiger partial charge in [0.25, 0.3) is 0 Å². The number of anilines is 2. The van der Waals surface area contributed by atoms with E-state index in [-0.39, 0.29) is 17.7 Å². The van der Waals surface area contributed by atoms with E-state index < -0.39 is 0 Å². The van der Waals surface area contributed by atoms with Crippen molar-refractivity contribution < 1.29 is 4.79 Å². The Bertz CT molecular complexity index is 791. The number of aromatic nitrogens is 2. The fourth-order valence-electron chi connectivity index (χ4n) is 2.89. The maximum absolute atomic E-state index is 12.0. The number of hydrogen-bond donors (Lipinski definition) is 1. The summed E-state index contributed by atoms with van der Waals surface area (Å²) in [6.45, 7) is 1.66. The van der Waals surface area contributed by atoms with Crippen molar-refractivity contribution in [3.63, 3.8) is 0 Å². The molecule has 6 nitrogen and oxygen atoms in total. The van der Waals surface area contributed by atoms with Gasteiger partial charge in [0.05, 0.1) is 22.2 Å². The average molecular weight is 327 g/mol. The molecule has 0 unspecified atom stereocenters. The number of carbonyl (C=O) groups is 1. The molecule has 1 saturated heterocycles. The summed E-state index contributed by atoms with van der Waals surface area (Å²) >= 11 is 1.55. The Morgan fingerprint density at radius 3 is 3.09 bits per heavy atom. The highest BCUT2D eigenvalue weighted by molar-refractivity contribution is 7.22. The smallest absolute Gasteiger partial charge is 0.228 e. The van der Waals surface area contributed by atoms with Crippen molar-refractivity contribution in [2.24, 2.45) is 11.8 Å². The number of rotatable bonds is 3. The van der Waals surface area contributed by atoms with Crippen molar-refractivity contribution >= 4 is 38.4 Å². The van der Waals surface area contributed by atoms with Crippen LogP contribution in [0.1, 0.15) is 25.7 Å². The van der Waals surface area contributed by atoms with Crippen LogP contribution in [0.3, 0.4) is 0 Å². The highest BCUT2D eigenvalue weighted by Gasteiger charge is 2.30. The first-order chi connectivity index (χ1) is 11.2. The SMILES string of the molecule is N#C[C@H]1CCCN(c2nc3ccnc(NC(=O)C4CC4)c3s2)C1. The van der Waals surface area contributed by atoms with Crippen LogP contribution in [0, 0.1) is 23.2 Å². The van der Waals surface area contributed by atoms with E-state index in [0.717, 1.165) is 54.1 Å². The Labute approximate surface area is 138 Å². The van der Waals surface area contributed by atoms with E-state index >= 15 is 0 Å². The van der Waals surface area contributed by atoms with Crippen LogP contribution in [0.15, 0.2) is 12.3 Å². The number of hydrogen-bond acceptors (Lipinski definition) is 6.